The van der Waals surface area contributed by atoms with Crippen LogP contribution in [-0.2, 0) is 26.1 Å². The van der Waals surface area contributed by atoms with Crippen LogP contribution in [0.5, 0.6) is 0 Å². The van der Waals surface area contributed by atoms with E-state index in [-0.39, 0.29) is 18.3 Å². The summed E-state index contributed by atoms with van der Waals surface area (Å²) in [6.45, 7) is 5.61. The van der Waals surface area contributed by atoms with Gasteiger partial charge < -0.3 is 15.9 Å². The molecule has 0 radical (unpaired) electrons. The van der Waals surface area contributed by atoms with E-state index in [1.54, 1.807) is 13.0 Å². The Morgan fingerprint density at radius 3 is 2.28 bits per heavy atom. The van der Waals surface area contributed by atoms with E-state index in [9.17, 15) is 23.1 Å². The van der Waals surface area contributed by atoms with Crippen LogP contribution in [0.3, 0.4) is 0 Å². The Morgan fingerprint density at radius 1 is 1.34 bits per heavy atom. The van der Waals surface area contributed by atoms with E-state index in [1.165, 1.54) is 13.0 Å². The lowest BCUT2D eigenvalue weighted by Gasteiger charge is -2.16. The zero-order valence-electron chi connectivity index (χ0n) is 15.4. The zero-order chi connectivity index (χ0) is 22.8. The van der Waals surface area contributed by atoms with Crippen molar-refractivity contribution in [3.63, 3.8) is 0 Å². The molecule has 29 heavy (non-hydrogen) atoms. The van der Waals surface area contributed by atoms with Gasteiger partial charge in [-0.2, -0.15) is 22.8 Å². The van der Waals surface area contributed by atoms with Crippen LogP contribution in [-0.4, -0.2) is 39.1 Å². The van der Waals surface area contributed by atoms with Gasteiger partial charge in [-0.05, 0) is 25.5 Å². The number of aromatic nitrogens is 2. The largest absolute Gasteiger partial charge is 0.478 e. The van der Waals surface area contributed by atoms with E-state index in [4.69, 9.17) is 20.4 Å². The van der Waals surface area contributed by atoms with Gasteiger partial charge in [0.15, 0.2) is 0 Å². The standard InChI is InChI=1S/C13H14F3N3OS.C3H4O2.CO2/c1-7-3-4-8(5-9(7)13(14,15)16)10-18-19-11(21-10)12(2,17)6-20;1-2-3(4)5;2-1-3/h3-5,20H,6,17H2,1-2H3;2H,1H2,(H,4,5);/t12-;;/m0../s1. The smallest absolute Gasteiger partial charge is 0.416 e. The third kappa shape index (κ3) is 8.32. The number of alkyl halides is 3. The van der Waals surface area contributed by atoms with E-state index >= 15 is 0 Å². The van der Waals surface area contributed by atoms with Gasteiger partial charge in [-0.3, -0.25) is 0 Å². The van der Waals surface area contributed by atoms with E-state index in [0.717, 1.165) is 23.5 Å². The predicted molar refractivity (Wildman–Crippen MR) is 96.5 cm³/mol. The van der Waals surface area contributed by atoms with Gasteiger partial charge in [0.1, 0.15) is 10.0 Å². The molecule has 2 rings (SSSR count). The number of hydrogen-bond donors (Lipinski definition) is 3. The van der Waals surface area contributed by atoms with Crippen molar-refractivity contribution in [2.45, 2.75) is 25.6 Å². The van der Waals surface area contributed by atoms with Crippen molar-refractivity contribution in [1.29, 1.82) is 0 Å². The molecule has 12 heteroatoms. The Kier molecular flexibility index (Phi) is 10.0. The number of benzene rings is 1. The first-order valence-corrected chi connectivity index (χ1v) is 8.42. The molecule has 158 valence electrons. The molecule has 1 heterocycles. The Labute approximate surface area is 167 Å². The van der Waals surface area contributed by atoms with Gasteiger partial charge in [0, 0.05) is 11.6 Å². The first-order valence-electron chi connectivity index (χ1n) is 7.60. The molecule has 1 aromatic carbocycles. The van der Waals surface area contributed by atoms with Crippen LogP contribution in [0.1, 0.15) is 23.1 Å². The van der Waals surface area contributed by atoms with Crippen LogP contribution in [0.25, 0.3) is 10.6 Å². The molecule has 8 nitrogen and oxygen atoms in total. The molecule has 0 saturated carbocycles. The van der Waals surface area contributed by atoms with Crippen LogP contribution < -0.4 is 5.73 Å². The maximum Gasteiger partial charge on any atom is 0.416 e. The average molecular weight is 433 g/mol. The Morgan fingerprint density at radius 2 is 1.86 bits per heavy atom. The first-order chi connectivity index (χ1) is 13.3. The van der Waals surface area contributed by atoms with Gasteiger partial charge in [-0.1, -0.05) is 30.0 Å². The third-order valence-corrected chi connectivity index (χ3v) is 4.46. The highest BCUT2D eigenvalue weighted by Gasteiger charge is 2.33. The lowest BCUT2D eigenvalue weighted by Crippen LogP contribution is -2.36. The van der Waals surface area contributed by atoms with Crippen molar-refractivity contribution in [3.05, 3.63) is 47.0 Å². The second-order valence-electron chi connectivity index (χ2n) is 5.64. The highest BCUT2D eigenvalue weighted by atomic mass is 32.1. The minimum Gasteiger partial charge on any atom is -0.478 e. The maximum absolute atomic E-state index is 12.9. The zero-order valence-corrected chi connectivity index (χ0v) is 16.2. The first kappa shape index (κ1) is 26.1. The Bertz CT molecular complexity index is 875. The molecule has 0 fully saturated rings. The molecular formula is C17H18F3N3O5S. The minimum atomic E-state index is -4.42. The molecule has 0 amide bonds. The van der Waals surface area contributed by atoms with Gasteiger partial charge >= 0.3 is 18.3 Å². The van der Waals surface area contributed by atoms with E-state index in [2.05, 4.69) is 16.8 Å². The number of aliphatic hydroxyl groups is 1. The number of nitrogens with zero attached hydrogens (tertiary/aromatic N) is 2. The number of carbonyl (C=O) groups excluding carboxylic acids is 2. The molecule has 0 spiro atoms. The lowest BCUT2D eigenvalue weighted by molar-refractivity contribution is -0.191. The summed E-state index contributed by atoms with van der Waals surface area (Å²) in [6, 6.07) is 4.00. The number of halogens is 3. The summed E-state index contributed by atoms with van der Waals surface area (Å²) in [5.74, 6) is -0.981. The molecule has 1 atom stereocenters. The van der Waals surface area contributed by atoms with E-state index in [0.29, 0.717) is 15.6 Å². The molecular weight excluding hydrogens is 415 g/mol. The van der Waals surface area contributed by atoms with Gasteiger partial charge in [0.05, 0.1) is 17.7 Å². The molecule has 0 aliphatic rings. The van der Waals surface area contributed by atoms with Crippen molar-refractivity contribution in [1.82, 2.24) is 10.2 Å². The summed E-state index contributed by atoms with van der Waals surface area (Å²) in [5.41, 5.74) is 4.54. The second kappa shape index (κ2) is 11.2. The summed E-state index contributed by atoms with van der Waals surface area (Å²) >= 11 is 1.07. The van der Waals surface area contributed by atoms with E-state index in [1.807, 2.05) is 0 Å². The molecule has 2 aromatic rings. The molecule has 4 N–H and O–H groups in total. The number of nitrogens with two attached hydrogens (primary N) is 1. The van der Waals surface area contributed by atoms with E-state index < -0.39 is 23.2 Å². The summed E-state index contributed by atoms with van der Waals surface area (Å²) in [5, 5.41) is 25.2. The number of aliphatic hydroxyl groups excluding tert-OH is 1. The van der Waals surface area contributed by atoms with Crippen molar-refractivity contribution in [2.24, 2.45) is 5.73 Å². The maximum atomic E-state index is 12.9. The van der Waals surface area contributed by atoms with Gasteiger partial charge in [-0.25, -0.2) is 4.79 Å². The molecule has 0 unspecified atom stereocenters. The number of aliphatic carboxylic acids is 1. The summed E-state index contributed by atoms with van der Waals surface area (Å²) in [7, 11) is 0. The van der Waals surface area contributed by atoms with Crippen molar-refractivity contribution in [2.75, 3.05) is 6.61 Å². The highest BCUT2D eigenvalue weighted by Crippen LogP contribution is 2.36. The normalized spacial score (nSPS) is 12.2. The fraction of sp³-hybridized carbons (Fsp3) is 0.294. The summed E-state index contributed by atoms with van der Waals surface area (Å²) in [6.07, 6.45) is -3.33. The number of hydrogen-bond acceptors (Lipinski definition) is 8. The second-order valence-corrected chi connectivity index (χ2v) is 6.62. The van der Waals surface area contributed by atoms with Crippen LogP contribution in [0, 0.1) is 6.92 Å². The topological polar surface area (TPSA) is 143 Å². The van der Waals surface area contributed by atoms with Crippen LogP contribution in [0.15, 0.2) is 30.9 Å². The van der Waals surface area contributed by atoms with Crippen LogP contribution >= 0.6 is 11.3 Å². The fourth-order valence-electron chi connectivity index (χ4n) is 1.70. The highest BCUT2D eigenvalue weighted by molar-refractivity contribution is 7.14. The third-order valence-electron chi connectivity index (χ3n) is 3.21. The monoisotopic (exact) mass is 433 g/mol. The van der Waals surface area contributed by atoms with Crippen molar-refractivity contribution < 1.29 is 37.8 Å². The molecule has 0 saturated heterocycles. The molecule has 0 bridgehead atoms. The summed E-state index contributed by atoms with van der Waals surface area (Å²) in [4.78, 5) is 25.5. The molecule has 0 aliphatic carbocycles. The van der Waals surface area contributed by atoms with Gasteiger partial charge in [-0.15, -0.1) is 10.2 Å². The van der Waals surface area contributed by atoms with Crippen molar-refractivity contribution in [3.8, 4) is 10.6 Å². The fourth-order valence-corrected chi connectivity index (χ4v) is 2.59. The Hall–Kier alpha value is -2.92. The number of rotatable bonds is 4. The van der Waals surface area contributed by atoms with Crippen molar-refractivity contribution >= 4 is 23.5 Å². The number of aryl methyl sites for hydroxylation is 1. The van der Waals surface area contributed by atoms with Crippen LogP contribution in [0.2, 0.25) is 0 Å². The average Bonchev–Trinajstić information content (AvgIpc) is 3.13. The minimum absolute atomic E-state index is 0.148. The summed E-state index contributed by atoms with van der Waals surface area (Å²) < 4.78 is 38.7. The number of carbonyl (C=O) groups is 1. The van der Waals surface area contributed by atoms with Gasteiger partial charge in [0.2, 0.25) is 0 Å². The predicted octanol–water partition coefficient (Wildman–Crippen LogP) is 2.37. The number of carboxylic acids is 1. The Balaban J connectivity index is 0.000000838. The lowest BCUT2D eigenvalue weighted by atomic mass is 10.1. The number of carboxylic acid groups (broad SMARTS) is 1. The molecule has 1 aromatic heterocycles. The molecule has 0 aliphatic heterocycles. The quantitative estimate of drug-likeness (QED) is 0.624. The van der Waals surface area contributed by atoms with Crippen LogP contribution in [0.4, 0.5) is 13.2 Å². The SMILES string of the molecule is C=CC(=O)O.Cc1ccc(-c2nnc([C@@](C)(N)CO)s2)cc1C(F)(F)F.O=C=O. The van der Waals surface area contributed by atoms with Gasteiger partial charge in [0.25, 0.3) is 0 Å².